The largest absolute Gasteiger partial charge is 0.263 e. The molecule has 0 aromatic heterocycles. The molecule has 2 aromatic rings. The van der Waals surface area contributed by atoms with Gasteiger partial charge in [0.15, 0.2) is 0 Å². The van der Waals surface area contributed by atoms with E-state index in [4.69, 9.17) is 4.99 Å². The van der Waals surface area contributed by atoms with Crippen LogP contribution in [0.5, 0.6) is 0 Å². The molecule has 2 aliphatic rings. The van der Waals surface area contributed by atoms with Gasteiger partial charge >= 0.3 is 0 Å². The van der Waals surface area contributed by atoms with E-state index >= 15 is 0 Å². The summed E-state index contributed by atoms with van der Waals surface area (Å²) in [6.07, 6.45) is 3.09. The molecule has 22 heavy (non-hydrogen) atoms. The second-order valence-corrected chi connectivity index (χ2v) is 7.34. The molecule has 0 amide bonds. The number of sulfonamides is 1. The summed E-state index contributed by atoms with van der Waals surface area (Å²) in [5.41, 5.74) is 3.20. The summed E-state index contributed by atoms with van der Waals surface area (Å²) in [5.74, 6) is 0.470. The SMILES string of the molecule is O=S1(=O)NC(=N[C@H]2CCCc3ccccc32)c2ccccc21. The van der Waals surface area contributed by atoms with Crippen molar-refractivity contribution in [3.05, 3.63) is 65.2 Å². The average molecular weight is 312 g/mol. The van der Waals surface area contributed by atoms with Crippen molar-refractivity contribution in [3.63, 3.8) is 0 Å². The van der Waals surface area contributed by atoms with Crippen molar-refractivity contribution >= 4 is 15.9 Å². The first kappa shape index (κ1) is 13.5. The Balaban J connectivity index is 1.80. The lowest BCUT2D eigenvalue weighted by Gasteiger charge is -2.22. The third kappa shape index (κ3) is 2.13. The van der Waals surface area contributed by atoms with Crippen LogP contribution in [-0.2, 0) is 16.4 Å². The summed E-state index contributed by atoms with van der Waals surface area (Å²) >= 11 is 0. The maximum atomic E-state index is 12.2. The van der Waals surface area contributed by atoms with E-state index < -0.39 is 10.0 Å². The average Bonchev–Trinajstić information content (AvgIpc) is 2.79. The molecule has 5 heteroatoms. The Hall–Kier alpha value is -2.14. The van der Waals surface area contributed by atoms with Crippen LogP contribution in [0.3, 0.4) is 0 Å². The highest BCUT2D eigenvalue weighted by Crippen LogP contribution is 2.34. The van der Waals surface area contributed by atoms with Gasteiger partial charge in [0.25, 0.3) is 10.0 Å². The van der Waals surface area contributed by atoms with Gasteiger partial charge < -0.3 is 0 Å². The minimum atomic E-state index is -3.46. The van der Waals surface area contributed by atoms with Gasteiger partial charge in [-0.3, -0.25) is 9.71 Å². The number of benzene rings is 2. The molecule has 0 bridgehead atoms. The van der Waals surface area contributed by atoms with E-state index in [-0.39, 0.29) is 6.04 Å². The fourth-order valence-corrected chi connectivity index (χ4v) is 4.49. The molecule has 2 aromatic carbocycles. The number of rotatable bonds is 1. The Morgan fingerprint density at radius 1 is 1.05 bits per heavy atom. The maximum Gasteiger partial charge on any atom is 0.263 e. The molecular weight excluding hydrogens is 296 g/mol. The Morgan fingerprint density at radius 3 is 2.73 bits per heavy atom. The molecule has 0 radical (unpaired) electrons. The van der Waals surface area contributed by atoms with Gasteiger partial charge in [-0.05, 0) is 42.5 Å². The predicted molar refractivity (Wildman–Crippen MR) is 85.4 cm³/mol. The molecule has 4 nitrogen and oxygen atoms in total. The summed E-state index contributed by atoms with van der Waals surface area (Å²) in [5, 5.41) is 0. The summed E-state index contributed by atoms with van der Waals surface area (Å²) in [7, 11) is -3.46. The smallest absolute Gasteiger partial charge is 0.263 e. The van der Waals surface area contributed by atoms with Gasteiger partial charge in [-0.2, -0.15) is 0 Å². The zero-order chi connectivity index (χ0) is 15.2. The van der Waals surface area contributed by atoms with Gasteiger partial charge in [0.1, 0.15) is 5.84 Å². The van der Waals surface area contributed by atoms with Gasteiger partial charge in [-0.15, -0.1) is 0 Å². The molecule has 112 valence electrons. The zero-order valence-electron chi connectivity index (χ0n) is 12.0. The highest BCUT2D eigenvalue weighted by Gasteiger charge is 2.31. The van der Waals surface area contributed by atoms with E-state index in [1.165, 1.54) is 11.1 Å². The molecule has 0 spiro atoms. The van der Waals surface area contributed by atoms with E-state index in [0.717, 1.165) is 19.3 Å². The number of aryl methyl sites for hydroxylation is 1. The fourth-order valence-electron chi connectivity index (χ4n) is 3.25. The molecule has 4 rings (SSSR count). The van der Waals surface area contributed by atoms with Crippen LogP contribution >= 0.6 is 0 Å². The number of nitrogens with one attached hydrogen (secondary N) is 1. The molecular formula is C17H16N2O2S. The van der Waals surface area contributed by atoms with E-state index in [1.54, 1.807) is 18.2 Å². The van der Waals surface area contributed by atoms with Gasteiger partial charge in [-0.1, -0.05) is 36.4 Å². The maximum absolute atomic E-state index is 12.2. The lowest BCUT2D eigenvalue weighted by Crippen LogP contribution is -2.23. The first-order chi connectivity index (χ1) is 10.6. The highest BCUT2D eigenvalue weighted by atomic mass is 32.2. The van der Waals surface area contributed by atoms with Gasteiger partial charge in [-0.25, -0.2) is 8.42 Å². The van der Waals surface area contributed by atoms with Crippen molar-refractivity contribution in [2.45, 2.75) is 30.2 Å². The topological polar surface area (TPSA) is 58.5 Å². The lowest BCUT2D eigenvalue weighted by molar-refractivity contribution is 0.571. The van der Waals surface area contributed by atoms with Crippen molar-refractivity contribution in [2.75, 3.05) is 0 Å². The van der Waals surface area contributed by atoms with Crippen molar-refractivity contribution in [1.82, 2.24) is 4.72 Å². The lowest BCUT2D eigenvalue weighted by atomic mass is 9.88. The molecule has 0 unspecified atom stereocenters. The molecule has 0 saturated carbocycles. The molecule has 0 saturated heterocycles. The number of fused-ring (bicyclic) bond motifs is 2. The first-order valence-electron chi connectivity index (χ1n) is 7.43. The van der Waals surface area contributed by atoms with Crippen LogP contribution in [0.15, 0.2) is 58.4 Å². The Labute approximate surface area is 130 Å². The number of hydrogen-bond donors (Lipinski definition) is 1. The number of hydrogen-bond acceptors (Lipinski definition) is 3. The second-order valence-electron chi connectivity index (χ2n) is 5.69. The molecule has 1 N–H and O–H groups in total. The third-order valence-corrected chi connectivity index (χ3v) is 5.68. The van der Waals surface area contributed by atoms with Crippen molar-refractivity contribution in [2.24, 2.45) is 4.99 Å². The summed E-state index contributed by atoms with van der Waals surface area (Å²) in [4.78, 5) is 5.06. The highest BCUT2D eigenvalue weighted by molar-refractivity contribution is 7.90. The van der Waals surface area contributed by atoms with Gasteiger partial charge in [0, 0.05) is 5.56 Å². The van der Waals surface area contributed by atoms with E-state index in [2.05, 4.69) is 16.9 Å². The molecule has 1 heterocycles. The summed E-state index contributed by atoms with van der Waals surface area (Å²) in [6, 6.07) is 15.3. The van der Waals surface area contributed by atoms with Crippen molar-refractivity contribution in [1.29, 1.82) is 0 Å². The van der Waals surface area contributed by atoms with E-state index in [1.807, 2.05) is 18.2 Å². The standard InChI is InChI=1S/C17H16N2O2S/c20-22(21)16-11-4-3-9-14(16)17(19-22)18-15-10-5-7-12-6-1-2-8-13(12)15/h1-4,6,8-9,11,15H,5,7,10H2,(H,18,19)/t15-/m0/s1. The summed E-state index contributed by atoms with van der Waals surface area (Å²) < 4.78 is 26.9. The quantitative estimate of drug-likeness (QED) is 0.880. The van der Waals surface area contributed by atoms with E-state index in [9.17, 15) is 8.42 Å². The minimum absolute atomic E-state index is 0.0220. The van der Waals surface area contributed by atoms with Crippen LogP contribution in [0.4, 0.5) is 0 Å². The number of nitrogens with zero attached hydrogens (tertiary/aromatic N) is 1. The molecule has 1 aliphatic heterocycles. The monoisotopic (exact) mass is 312 g/mol. The van der Waals surface area contributed by atoms with Crippen LogP contribution in [-0.4, -0.2) is 14.3 Å². The Kier molecular flexibility index (Phi) is 3.04. The van der Waals surface area contributed by atoms with Crippen LogP contribution in [0.25, 0.3) is 0 Å². The summed E-state index contributed by atoms with van der Waals surface area (Å²) in [6.45, 7) is 0. The van der Waals surface area contributed by atoms with E-state index in [0.29, 0.717) is 16.3 Å². The van der Waals surface area contributed by atoms with Gasteiger partial charge in [0.2, 0.25) is 0 Å². The van der Waals surface area contributed by atoms with Crippen LogP contribution in [0.1, 0.15) is 35.6 Å². The normalized spacial score (nSPS) is 23.6. The van der Waals surface area contributed by atoms with Crippen LogP contribution < -0.4 is 4.72 Å². The zero-order valence-corrected chi connectivity index (χ0v) is 12.8. The second kappa shape index (κ2) is 4.95. The third-order valence-electron chi connectivity index (χ3n) is 4.29. The Morgan fingerprint density at radius 2 is 1.82 bits per heavy atom. The van der Waals surface area contributed by atoms with Crippen LogP contribution in [0, 0.1) is 0 Å². The Bertz CT molecular complexity index is 872. The molecule has 1 atom stereocenters. The van der Waals surface area contributed by atoms with Gasteiger partial charge in [0.05, 0.1) is 10.9 Å². The predicted octanol–water partition coefficient (Wildman–Crippen LogP) is 2.80. The molecule has 1 aliphatic carbocycles. The fraction of sp³-hybridized carbons (Fsp3) is 0.235. The number of amidine groups is 1. The molecule has 0 fully saturated rings. The van der Waals surface area contributed by atoms with Crippen LogP contribution in [0.2, 0.25) is 0 Å². The number of aliphatic imine (C=N–C) groups is 1. The van der Waals surface area contributed by atoms with Crippen molar-refractivity contribution in [3.8, 4) is 0 Å². The minimum Gasteiger partial charge on any atom is -0.263 e. The first-order valence-corrected chi connectivity index (χ1v) is 8.91. The van der Waals surface area contributed by atoms with Crippen molar-refractivity contribution < 1.29 is 8.42 Å².